The standard InChI is InChI=1S/C13H21N3O2/c1-10-12(4-5-16(10)3)13(17)14-8-11-9-15(2)6-7-18-11/h4-5,11H,6-9H2,1-3H3,(H,14,17)/t11-/m0/s1. The van der Waals surface area contributed by atoms with Crippen molar-refractivity contribution in [2.75, 3.05) is 33.3 Å². The van der Waals surface area contributed by atoms with E-state index in [-0.39, 0.29) is 12.0 Å². The lowest BCUT2D eigenvalue weighted by atomic mass is 10.2. The van der Waals surface area contributed by atoms with Gasteiger partial charge in [0.1, 0.15) is 0 Å². The van der Waals surface area contributed by atoms with Crippen molar-refractivity contribution >= 4 is 5.91 Å². The van der Waals surface area contributed by atoms with Crippen molar-refractivity contribution in [1.82, 2.24) is 14.8 Å². The molecule has 1 N–H and O–H groups in total. The van der Waals surface area contributed by atoms with E-state index in [1.54, 1.807) is 0 Å². The first-order valence-electron chi connectivity index (χ1n) is 6.28. The van der Waals surface area contributed by atoms with Gasteiger partial charge in [-0.25, -0.2) is 0 Å². The Kier molecular flexibility index (Phi) is 4.04. The van der Waals surface area contributed by atoms with E-state index in [9.17, 15) is 4.79 Å². The Bertz CT molecular complexity index is 428. The zero-order valence-electron chi connectivity index (χ0n) is 11.3. The lowest BCUT2D eigenvalue weighted by Gasteiger charge is -2.30. The van der Waals surface area contributed by atoms with E-state index in [1.807, 2.05) is 30.8 Å². The lowest BCUT2D eigenvalue weighted by Crippen LogP contribution is -2.45. The highest BCUT2D eigenvalue weighted by molar-refractivity contribution is 5.95. The summed E-state index contributed by atoms with van der Waals surface area (Å²) in [4.78, 5) is 14.2. The Morgan fingerprint density at radius 1 is 1.56 bits per heavy atom. The maximum atomic E-state index is 12.0. The molecule has 1 aromatic heterocycles. The summed E-state index contributed by atoms with van der Waals surface area (Å²) in [6.45, 7) is 5.08. The predicted molar refractivity (Wildman–Crippen MR) is 69.7 cm³/mol. The summed E-state index contributed by atoms with van der Waals surface area (Å²) in [6.07, 6.45) is 1.99. The van der Waals surface area contributed by atoms with Crippen LogP contribution in [0.5, 0.6) is 0 Å². The number of ether oxygens (including phenoxy) is 1. The second kappa shape index (κ2) is 5.54. The van der Waals surface area contributed by atoms with Gasteiger partial charge < -0.3 is 19.5 Å². The number of hydrogen-bond acceptors (Lipinski definition) is 3. The van der Waals surface area contributed by atoms with Crippen molar-refractivity contribution in [3.63, 3.8) is 0 Å². The van der Waals surface area contributed by atoms with Crippen molar-refractivity contribution in [2.24, 2.45) is 7.05 Å². The molecule has 2 heterocycles. The van der Waals surface area contributed by atoms with Gasteiger partial charge in [-0.3, -0.25) is 4.79 Å². The molecule has 2 rings (SSSR count). The summed E-state index contributed by atoms with van der Waals surface area (Å²) < 4.78 is 7.55. The number of morpholine rings is 1. The van der Waals surface area contributed by atoms with Gasteiger partial charge in [0.15, 0.2) is 0 Å². The summed E-state index contributed by atoms with van der Waals surface area (Å²) in [6, 6.07) is 1.85. The molecule has 1 saturated heterocycles. The van der Waals surface area contributed by atoms with Crippen molar-refractivity contribution in [3.8, 4) is 0 Å². The van der Waals surface area contributed by atoms with E-state index in [2.05, 4.69) is 17.3 Å². The van der Waals surface area contributed by atoms with Gasteiger partial charge in [0.25, 0.3) is 5.91 Å². The molecule has 5 heteroatoms. The van der Waals surface area contributed by atoms with Gasteiger partial charge in [0.2, 0.25) is 0 Å². The molecule has 1 aliphatic heterocycles. The summed E-state index contributed by atoms with van der Waals surface area (Å²) in [5.74, 6) is -0.0232. The third-order valence-electron chi connectivity index (χ3n) is 3.46. The Labute approximate surface area is 108 Å². The van der Waals surface area contributed by atoms with Crippen LogP contribution >= 0.6 is 0 Å². The normalized spacial score (nSPS) is 20.9. The van der Waals surface area contributed by atoms with Crippen LogP contribution in [-0.2, 0) is 11.8 Å². The average Bonchev–Trinajstić information content (AvgIpc) is 2.67. The lowest BCUT2D eigenvalue weighted by molar-refractivity contribution is -0.0175. The molecule has 0 aliphatic carbocycles. The monoisotopic (exact) mass is 251 g/mol. The van der Waals surface area contributed by atoms with Gasteiger partial charge in [-0.2, -0.15) is 0 Å². The maximum absolute atomic E-state index is 12.0. The van der Waals surface area contributed by atoms with E-state index in [1.165, 1.54) is 0 Å². The summed E-state index contributed by atoms with van der Waals surface area (Å²) >= 11 is 0. The van der Waals surface area contributed by atoms with Crippen LogP contribution in [0.3, 0.4) is 0 Å². The Morgan fingerprint density at radius 3 is 2.94 bits per heavy atom. The van der Waals surface area contributed by atoms with E-state index in [0.29, 0.717) is 6.54 Å². The van der Waals surface area contributed by atoms with Crippen LogP contribution in [0, 0.1) is 6.92 Å². The quantitative estimate of drug-likeness (QED) is 0.845. The highest BCUT2D eigenvalue weighted by Gasteiger charge is 2.19. The smallest absolute Gasteiger partial charge is 0.253 e. The molecular formula is C13H21N3O2. The van der Waals surface area contributed by atoms with Crippen LogP contribution in [0.15, 0.2) is 12.3 Å². The average molecular weight is 251 g/mol. The fourth-order valence-corrected chi connectivity index (χ4v) is 2.14. The number of nitrogens with zero attached hydrogens (tertiary/aromatic N) is 2. The molecule has 1 amide bonds. The van der Waals surface area contributed by atoms with E-state index >= 15 is 0 Å². The van der Waals surface area contributed by atoms with E-state index < -0.39 is 0 Å². The Hall–Kier alpha value is -1.33. The predicted octanol–water partition coefficient (Wildman–Crippen LogP) is 0.394. The first-order valence-corrected chi connectivity index (χ1v) is 6.28. The first-order chi connectivity index (χ1) is 8.58. The van der Waals surface area contributed by atoms with Crippen LogP contribution in [0.1, 0.15) is 16.1 Å². The summed E-state index contributed by atoms with van der Waals surface area (Å²) in [5, 5.41) is 2.94. The third-order valence-corrected chi connectivity index (χ3v) is 3.46. The number of carbonyl (C=O) groups excluding carboxylic acids is 1. The molecule has 1 fully saturated rings. The first kappa shape index (κ1) is 13.1. The Morgan fingerprint density at radius 2 is 2.33 bits per heavy atom. The van der Waals surface area contributed by atoms with Crippen LogP contribution in [0.4, 0.5) is 0 Å². The van der Waals surface area contributed by atoms with Crippen molar-refractivity contribution < 1.29 is 9.53 Å². The van der Waals surface area contributed by atoms with Crippen molar-refractivity contribution in [2.45, 2.75) is 13.0 Å². The minimum atomic E-state index is -0.0232. The minimum Gasteiger partial charge on any atom is -0.374 e. The molecule has 5 nitrogen and oxygen atoms in total. The van der Waals surface area contributed by atoms with Crippen LogP contribution in [0.2, 0.25) is 0 Å². The highest BCUT2D eigenvalue weighted by atomic mass is 16.5. The molecular weight excluding hydrogens is 230 g/mol. The zero-order chi connectivity index (χ0) is 13.1. The van der Waals surface area contributed by atoms with E-state index in [0.717, 1.165) is 31.0 Å². The van der Waals surface area contributed by atoms with Crippen LogP contribution in [0.25, 0.3) is 0 Å². The van der Waals surface area contributed by atoms with Gasteiger partial charge in [0.05, 0.1) is 18.3 Å². The highest BCUT2D eigenvalue weighted by Crippen LogP contribution is 2.08. The fourth-order valence-electron chi connectivity index (χ4n) is 2.14. The number of aryl methyl sites for hydroxylation is 1. The molecule has 1 atom stereocenters. The number of amides is 1. The topological polar surface area (TPSA) is 46.5 Å². The molecule has 1 aliphatic rings. The molecule has 0 radical (unpaired) electrons. The molecule has 1 aromatic rings. The van der Waals surface area contributed by atoms with Gasteiger partial charge in [-0.15, -0.1) is 0 Å². The zero-order valence-corrected chi connectivity index (χ0v) is 11.3. The number of rotatable bonds is 3. The van der Waals surface area contributed by atoms with Gasteiger partial charge >= 0.3 is 0 Å². The van der Waals surface area contributed by atoms with Crippen molar-refractivity contribution in [1.29, 1.82) is 0 Å². The van der Waals surface area contributed by atoms with Crippen molar-refractivity contribution in [3.05, 3.63) is 23.5 Å². The second-order valence-electron chi connectivity index (χ2n) is 4.89. The molecule has 0 spiro atoms. The number of carbonyl (C=O) groups is 1. The molecule has 0 saturated carbocycles. The molecule has 0 unspecified atom stereocenters. The van der Waals surface area contributed by atoms with Gasteiger partial charge in [0, 0.05) is 38.6 Å². The summed E-state index contributed by atoms with van der Waals surface area (Å²) in [5.41, 5.74) is 1.72. The van der Waals surface area contributed by atoms with Gasteiger partial charge in [-0.05, 0) is 20.0 Å². The molecule has 0 bridgehead atoms. The Balaban J connectivity index is 1.86. The summed E-state index contributed by atoms with van der Waals surface area (Å²) in [7, 11) is 4.00. The third kappa shape index (κ3) is 2.91. The van der Waals surface area contributed by atoms with Gasteiger partial charge in [-0.1, -0.05) is 0 Å². The molecule has 100 valence electrons. The maximum Gasteiger partial charge on any atom is 0.253 e. The molecule has 0 aromatic carbocycles. The SMILES string of the molecule is Cc1c(C(=O)NC[C@H]2CN(C)CCO2)ccn1C. The number of aromatic nitrogens is 1. The van der Waals surface area contributed by atoms with E-state index in [4.69, 9.17) is 4.74 Å². The minimum absolute atomic E-state index is 0.0232. The molecule has 18 heavy (non-hydrogen) atoms. The largest absolute Gasteiger partial charge is 0.374 e. The number of nitrogens with one attached hydrogen (secondary N) is 1. The van der Waals surface area contributed by atoms with Crippen LogP contribution < -0.4 is 5.32 Å². The fraction of sp³-hybridized carbons (Fsp3) is 0.615. The van der Waals surface area contributed by atoms with Crippen LogP contribution in [-0.4, -0.2) is 54.8 Å². The number of likely N-dealkylation sites (N-methyl/N-ethyl adjacent to an activating group) is 1. The number of hydrogen-bond donors (Lipinski definition) is 1. The second-order valence-corrected chi connectivity index (χ2v) is 4.89.